The molecule has 0 N–H and O–H groups in total. The third kappa shape index (κ3) is 7.16. The average molecular weight is 843 g/mol. The van der Waals surface area contributed by atoms with Gasteiger partial charge in [-0.2, -0.15) is 8.75 Å². The fourth-order valence-corrected chi connectivity index (χ4v) is 13.4. The van der Waals surface area contributed by atoms with Crippen molar-refractivity contribution in [1.82, 2.24) is 18.7 Å². The van der Waals surface area contributed by atoms with Crippen molar-refractivity contribution in [2.24, 2.45) is 11.8 Å². The molecule has 6 aromatic heterocycles. The Morgan fingerprint density at radius 3 is 1.19 bits per heavy atom. The van der Waals surface area contributed by atoms with Gasteiger partial charge < -0.3 is 9.80 Å². The van der Waals surface area contributed by atoms with Gasteiger partial charge in [-0.3, -0.25) is 0 Å². The van der Waals surface area contributed by atoms with E-state index in [9.17, 15) is 0 Å². The Kier molecular flexibility index (Phi) is 10.4. The number of benzene rings is 3. The first-order chi connectivity index (χ1) is 27.6. The highest BCUT2D eigenvalue weighted by molar-refractivity contribution is 7.31. The molecule has 0 aliphatic carbocycles. The molecule has 3 aromatic carbocycles. The van der Waals surface area contributed by atoms with Gasteiger partial charge in [-0.15, -0.1) is 45.3 Å². The molecular weight excluding hydrogens is 797 g/mol. The molecule has 0 bridgehead atoms. The van der Waals surface area contributed by atoms with Gasteiger partial charge in [-0.1, -0.05) is 65.8 Å². The van der Waals surface area contributed by atoms with Crippen LogP contribution in [0, 0.1) is 11.8 Å². The Morgan fingerprint density at radius 1 is 0.491 bits per heavy atom. The van der Waals surface area contributed by atoms with Crippen LogP contribution < -0.4 is 9.80 Å². The fourth-order valence-electron chi connectivity index (χ4n) is 7.90. The van der Waals surface area contributed by atoms with Gasteiger partial charge in [0.05, 0.1) is 23.1 Å². The van der Waals surface area contributed by atoms with Gasteiger partial charge in [-0.25, -0.2) is 9.97 Å². The second-order valence-electron chi connectivity index (χ2n) is 15.8. The van der Waals surface area contributed by atoms with Crippen molar-refractivity contribution < 1.29 is 0 Å². The lowest BCUT2D eigenvalue weighted by atomic mass is 10.0. The molecule has 9 rings (SSSR count). The van der Waals surface area contributed by atoms with Crippen molar-refractivity contribution in [3.05, 3.63) is 84.2 Å². The third-order valence-corrected chi connectivity index (χ3v) is 15.8. The molecule has 0 spiro atoms. The summed E-state index contributed by atoms with van der Waals surface area (Å²) in [5.74, 6) is 1.24. The molecule has 0 aliphatic heterocycles. The number of rotatable bonds is 12. The maximum absolute atomic E-state index is 5.43. The van der Waals surface area contributed by atoms with Crippen molar-refractivity contribution >= 4 is 109 Å². The standard InChI is InChI=1S/C46H46N6S5/c1-9-31-32(10-2)48-44-42(40-22-38-36(56-40)20-34(54-38)28-13-17-30(18-14-28)52(8)24-26(5)6)46-45(49-57-50-46)41(43(44)47-31)39-21-37-35(55-39)19-33(53-37)27-11-15-29(16-12-27)51(7)23-25(3)4/h11-22,25-26H,9-10,23-24H2,1-8H3. The molecule has 0 saturated heterocycles. The highest BCUT2D eigenvalue weighted by Gasteiger charge is 2.26. The van der Waals surface area contributed by atoms with E-state index < -0.39 is 0 Å². The van der Waals surface area contributed by atoms with Crippen molar-refractivity contribution in [3.8, 4) is 41.8 Å². The number of aromatic nitrogens is 4. The average Bonchev–Trinajstić information content (AvgIpc) is 4.03. The monoisotopic (exact) mass is 842 g/mol. The Bertz CT molecular complexity index is 2610. The Labute approximate surface area is 354 Å². The number of nitrogens with zero attached hydrogens (tertiary/aromatic N) is 6. The topological polar surface area (TPSA) is 58.0 Å². The minimum absolute atomic E-state index is 0.619. The Hall–Kier alpha value is -4.26. The van der Waals surface area contributed by atoms with Crippen LogP contribution >= 0.6 is 57.1 Å². The first-order valence-electron chi connectivity index (χ1n) is 19.8. The summed E-state index contributed by atoms with van der Waals surface area (Å²) in [4.78, 5) is 20.4. The number of hydrogen-bond donors (Lipinski definition) is 0. The van der Waals surface area contributed by atoms with Gasteiger partial charge >= 0.3 is 0 Å². The summed E-state index contributed by atoms with van der Waals surface area (Å²) in [6.07, 6.45) is 1.66. The van der Waals surface area contributed by atoms with Crippen LogP contribution in [0.5, 0.6) is 0 Å². The van der Waals surface area contributed by atoms with Crippen LogP contribution in [-0.2, 0) is 12.8 Å². The molecule has 6 heterocycles. The number of thiophene rings is 4. The van der Waals surface area contributed by atoms with Crippen LogP contribution in [0.25, 0.3) is 82.6 Å². The Morgan fingerprint density at radius 2 is 0.842 bits per heavy atom. The van der Waals surface area contributed by atoms with E-state index in [0.717, 1.165) is 70.5 Å². The summed E-state index contributed by atoms with van der Waals surface area (Å²) >= 11 is 8.63. The molecule has 0 unspecified atom stereocenters. The lowest BCUT2D eigenvalue weighted by Crippen LogP contribution is -2.22. The zero-order chi connectivity index (χ0) is 39.5. The van der Waals surface area contributed by atoms with Gasteiger partial charge in [-0.05, 0) is 84.3 Å². The molecule has 6 nitrogen and oxygen atoms in total. The number of fused-ring (bicyclic) bond motifs is 4. The van der Waals surface area contributed by atoms with E-state index in [-0.39, 0.29) is 0 Å². The summed E-state index contributed by atoms with van der Waals surface area (Å²) < 4.78 is 15.1. The summed E-state index contributed by atoms with van der Waals surface area (Å²) in [5, 5.41) is 0. The van der Waals surface area contributed by atoms with Crippen LogP contribution in [0.4, 0.5) is 11.4 Å². The quantitative estimate of drug-likeness (QED) is 0.122. The molecule has 0 aliphatic rings. The highest BCUT2D eigenvalue weighted by atomic mass is 32.1. The summed E-state index contributed by atoms with van der Waals surface area (Å²) in [5.41, 5.74) is 12.9. The third-order valence-electron chi connectivity index (χ3n) is 10.5. The summed E-state index contributed by atoms with van der Waals surface area (Å²) in [7, 11) is 4.35. The molecule has 0 saturated carbocycles. The van der Waals surface area contributed by atoms with Crippen molar-refractivity contribution in [3.63, 3.8) is 0 Å². The first-order valence-corrected chi connectivity index (χ1v) is 23.8. The zero-order valence-electron chi connectivity index (χ0n) is 33.6. The van der Waals surface area contributed by atoms with E-state index in [1.54, 1.807) is 0 Å². The van der Waals surface area contributed by atoms with E-state index in [4.69, 9.17) is 18.7 Å². The second-order valence-corrected chi connectivity index (χ2v) is 20.6. The largest absolute Gasteiger partial charge is 0.374 e. The van der Waals surface area contributed by atoms with Crippen LogP contribution in [0.15, 0.2) is 72.8 Å². The van der Waals surface area contributed by atoms with E-state index in [0.29, 0.717) is 11.8 Å². The van der Waals surface area contributed by atoms with Crippen molar-refractivity contribution in [1.29, 1.82) is 0 Å². The number of hydrogen-bond acceptors (Lipinski definition) is 11. The van der Waals surface area contributed by atoms with Crippen molar-refractivity contribution in [2.45, 2.75) is 54.4 Å². The van der Waals surface area contributed by atoms with Crippen LogP contribution in [-0.4, -0.2) is 45.9 Å². The summed E-state index contributed by atoms with van der Waals surface area (Å²) in [6, 6.07) is 27.4. The highest BCUT2D eigenvalue weighted by Crippen LogP contribution is 2.50. The van der Waals surface area contributed by atoms with E-state index in [1.807, 2.05) is 45.3 Å². The van der Waals surface area contributed by atoms with Crippen LogP contribution in [0.3, 0.4) is 0 Å². The van der Waals surface area contributed by atoms with E-state index in [2.05, 4.69) is 138 Å². The van der Waals surface area contributed by atoms with Gasteiger partial charge in [0.1, 0.15) is 22.1 Å². The lowest BCUT2D eigenvalue weighted by Gasteiger charge is -2.21. The lowest BCUT2D eigenvalue weighted by molar-refractivity contribution is 0.638. The second kappa shape index (κ2) is 15.5. The maximum Gasteiger partial charge on any atom is 0.116 e. The van der Waals surface area contributed by atoms with Crippen LogP contribution in [0.1, 0.15) is 52.9 Å². The first kappa shape index (κ1) is 38.3. The van der Waals surface area contributed by atoms with E-state index >= 15 is 0 Å². The molecule has 9 aromatic rings. The van der Waals surface area contributed by atoms with Gasteiger partial charge in [0.15, 0.2) is 0 Å². The van der Waals surface area contributed by atoms with Crippen LogP contribution in [0.2, 0.25) is 0 Å². The SMILES string of the molecule is CCc1nc2c(-c3cc4sc(-c5ccc(N(C)CC(C)C)cc5)cc4s3)c3nsnc3c(-c3cc4sc(-c5ccc(N(C)CC(C)C)cc5)cc4s3)c2nc1CC. The Balaban J connectivity index is 1.11. The normalized spacial score (nSPS) is 12.1. The molecule has 57 heavy (non-hydrogen) atoms. The molecule has 290 valence electrons. The fraction of sp³-hybridized carbons (Fsp3) is 0.304. The minimum atomic E-state index is 0.619. The van der Waals surface area contributed by atoms with E-state index in [1.165, 1.54) is 72.5 Å². The minimum Gasteiger partial charge on any atom is -0.374 e. The molecule has 0 radical (unpaired) electrons. The molecule has 0 fully saturated rings. The smallest absolute Gasteiger partial charge is 0.116 e. The van der Waals surface area contributed by atoms with Gasteiger partial charge in [0.2, 0.25) is 0 Å². The van der Waals surface area contributed by atoms with Gasteiger partial charge in [0.25, 0.3) is 0 Å². The number of aryl methyl sites for hydroxylation is 2. The van der Waals surface area contributed by atoms with Crippen molar-refractivity contribution in [2.75, 3.05) is 37.0 Å². The molecular formula is C46H46N6S5. The molecule has 0 atom stereocenters. The van der Waals surface area contributed by atoms with Gasteiger partial charge in [0, 0.05) is 88.0 Å². The molecule has 11 heteroatoms. The summed E-state index contributed by atoms with van der Waals surface area (Å²) in [6.45, 7) is 15.5. The molecule has 0 amide bonds. The zero-order valence-corrected chi connectivity index (χ0v) is 37.7. The maximum atomic E-state index is 5.43. The number of anilines is 2. The predicted octanol–water partition coefficient (Wildman–Crippen LogP) is 14.2. The predicted molar refractivity (Wildman–Crippen MR) is 254 cm³/mol.